The van der Waals surface area contributed by atoms with Gasteiger partial charge < -0.3 is 4.74 Å². The monoisotopic (exact) mass is 239 g/mol. The van der Waals surface area contributed by atoms with E-state index in [0.29, 0.717) is 11.8 Å². The highest BCUT2D eigenvalue weighted by atomic mass is 16.6. The number of hydrogen-bond donors (Lipinski definition) is 0. The highest BCUT2D eigenvalue weighted by molar-refractivity contribution is 5.73. The molecule has 0 radical (unpaired) electrons. The second kappa shape index (κ2) is 3.89. The van der Waals surface area contributed by atoms with Gasteiger partial charge in [-0.2, -0.15) is 0 Å². The molecule has 0 N–H and O–H groups in total. The molecule has 1 heterocycles. The molecule has 0 bridgehead atoms. The summed E-state index contributed by atoms with van der Waals surface area (Å²) in [6.45, 7) is 11.2. The largest absolute Gasteiger partial charge is 0.444 e. The summed E-state index contributed by atoms with van der Waals surface area (Å²) in [5, 5.41) is 0. The predicted molar refractivity (Wildman–Crippen MR) is 67.9 cm³/mol. The average molecular weight is 239 g/mol. The van der Waals surface area contributed by atoms with E-state index < -0.39 is 0 Å². The first kappa shape index (κ1) is 12.7. The summed E-state index contributed by atoms with van der Waals surface area (Å²) in [7, 11) is 0. The SMILES string of the molecule is C[C@@H]1CCC[C@H](C)[C@]12CN2C(=O)OC(C)(C)C. The fourth-order valence-electron chi connectivity index (χ4n) is 3.33. The molecular formula is C14H25NO2. The van der Waals surface area contributed by atoms with Crippen LogP contribution in [0.25, 0.3) is 0 Å². The van der Waals surface area contributed by atoms with Gasteiger partial charge in [0.2, 0.25) is 0 Å². The van der Waals surface area contributed by atoms with Gasteiger partial charge >= 0.3 is 6.09 Å². The first-order valence-corrected chi connectivity index (χ1v) is 6.78. The zero-order valence-electron chi connectivity index (χ0n) is 11.7. The topological polar surface area (TPSA) is 29.3 Å². The van der Waals surface area contributed by atoms with E-state index in [9.17, 15) is 4.79 Å². The van der Waals surface area contributed by atoms with Crippen molar-refractivity contribution in [3.63, 3.8) is 0 Å². The van der Waals surface area contributed by atoms with Crippen LogP contribution in [0.1, 0.15) is 53.9 Å². The van der Waals surface area contributed by atoms with Crippen LogP contribution in [0.15, 0.2) is 0 Å². The minimum Gasteiger partial charge on any atom is -0.444 e. The highest BCUT2D eigenvalue weighted by Crippen LogP contribution is 2.52. The molecule has 0 aromatic carbocycles. The molecule has 3 atom stereocenters. The van der Waals surface area contributed by atoms with E-state index in [1.165, 1.54) is 19.3 Å². The lowest BCUT2D eigenvalue weighted by Crippen LogP contribution is -2.40. The Kier molecular flexibility index (Phi) is 2.91. The number of carbonyl (C=O) groups excluding carboxylic acids is 1. The van der Waals surface area contributed by atoms with Gasteiger partial charge in [0.1, 0.15) is 5.60 Å². The second-order valence-corrected chi connectivity index (χ2v) is 6.79. The van der Waals surface area contributed by atoms with Gasteiger partial charge in [0.05, 0.1) is 5.54 Å². The van der Waals surface area contributed by atoms with Gasteiger partial charge in [-0.15, -0.1) is 0 Å². The minimum absolute atomic E-state index is 0.112. The molecule has 1 amide bonds. The standard InChI is InChI=1S/C14H25NO2/c1-10-7-6-8-11(2)14(10)9-15(14)12(16)17-13(3,4)5/h10-11H,6-9H2,1-5H3/t10-,11+,14+,15?. The van der Waals surface area contributed by atoms with Crippen LogP contribution in [0.2, 0.25) is 0 Å². The average Bonchev–Trinajstić information content (AvgIpc) is 2.88. The molecule has 98 valence electrons. The molecule has 0 unspecified atom stereocenters. The van der Waals surface area contributed by atoms with Crippen LogP contribution in [0.5, 0.6) is 0 Å². The Morgan fingerprint density at radius 1 is 1.24 bits per heavy atom. The molecule has 17 heavy (non-hydrogen) atoms. The van der Waals surface area contributed by atoms with Crippen molar-refractivity contribution in [1.82, 2.24) is 4.90 Å². The summed E-state index contributed by atoms with van der Waals surface area (Å²) in [4.78, 5) is 14.0. The van der Waals surface area contributed by atoms with Gasteiger partial charge in [0.25, 0.3) is 0 Å². The lowest BCUT2D eigenvalue weighted by molar-refractivity contribution is 0.0302. The molecular weight excluding hydrogens is 214 g/mol. The number of ether oxygens (including phenoxy) is 1. The number of hydrogen-bond acceptors (Lipinski definition) is 2. The Bertz CT molecular complexity index is 309. The Labute approximate surface area is 105 Å². The number of nitrogens with zero attached hydrogens (tertiary/aromatic N) is 1. The highest BCUT2D eigenvalue weighted by Gasteiger charge is 2.63. The van der Waals surface area contributed by atoms with Gasteiger partial charge in [-0.3, -0.25) is 4.90 Å². The molecule has 1 spiro atoms. The second-order valence-electron chi connectivity index (χ2n) is 6.79. The molecule has 1 aliphatic heterocycles. The fourth-order valence-corrected chi connectivity index (χ4v) is 3.33. The molecule has 2 rings (SSSR count). The molecule has 0 aromatic heterocycles. The van der Waals surface area contributed by atoms with Crippen LogP contribution < -0.4 is 0 Å². The van der Waals surface area contributed by atoms with E-state index in [-0.39, 0.29) is 17.2 Å². The van der Waals surface area contributed by atoms with Crippen LogP contribution in [-0.2, 0) is 4.74 Å². The summed E-state index contributed by atoms with van der Waals surface area (Å²) in [6, 6.07) is 0. The third kappa shape index (κ3) is 2.16. The maximum Gasteiger partial charge on any atom is 0.410 e. The van der Waals surface area contributed by atoms with Crippen molar-refractivity contribution in [2.75, 3.05) is 6.54 Å². The number of rotatable bonds is 0. The molecule has 1 aliphatic carbocycles. The lowest BCUT2D eigenvalue weighted by Gasteiger charge is -2.35. The van der Waals surface area contributed by atoms with Crippen LogP contribution in [-0.4, -0.2) is 28.7 Å². The van der Waals surface area contributed by atoms with Crippen molar-refractivity contribution in [3.05, 3.63) is 0 Å². The summed E-state index contributed by atoms with van der Waals surface area (Å²) < 4.78 is 5.47. The van der Waals surface area contributed by atoms with Crippen molar-refractivity contribution in [3.8, 4) is 0 Å². The quantitative estimate of drug-likeness (QED) is 0.606. The Morgan fingerprint density at radius 2 is 1.76 bits per heavy atom. The van der Waals surface area contributed by atoms with E-state index in [1.807, 2.05) is 25.7 Å². The zero-order valence-corrected chi connectivity index (χ0v) is 11.7. The minimum atomic E-state index is -0.387. The summed E-state index contributed by atoms with van der Waals surface area (Å²) in [5.74, 6) is 1.22. The van der Waals surface area contributed by atoms with E-state index in [1.54, 1.807) is 0 Å². The van der Waals surface area contributed by atoms with Gasteiger partial charge in [0, 0.05) is 6.54 Å². The van der Waals surface area contributed by atoms with Crippen molar-refractivity contribution < 1.29 is 9.53 Å². The van der Waals surface area contributed by atoms with Crippen LogP contribution in [0.4, 0.5) is 4.79 Å². The smallest absolute Gasteiger partial charge is 0.410 e. The van der Waals surface area contributed by atoms with E-state index in [0.717, 1.165) is 6.54 Å². The molecule has 3 nitrogen and oxygen atoms in total. The molecule has 3 heteroatoms. The van der Waals surface area contributed by atoms with Gasteiger partial charge in [0.15, 0.2) is 0 Å². The maximum atomic E-state index is 12.1. The van der Waals surface area contributed by atoms with Crippen LogP contribution in [0, 0.1) is 11.8 Å². The van der Waals surface area contributed by atoms with Crippen molar-refractivity contribution in [2.24, 2.45) is 11.8 Å². The summed E-state index contributed by atoms with van der Waals surface area (Å²) >= 11 is 0. The maximum absolute atomic E-state index is 12.1. The van der Waals surface area contributed by atoms with Crippen molar-refractivity contribution in [1.29, 1.82) is 0 Å². The number of carbonyl (C=O) groups is 1. The molecule has 2 aliphatic rings. The van der Waals surface area contributed by atoms with Gasteiger partial charge in [-0.05, 0) is 45.4 Å². The predicted octanol–water partition coefficient (Wildman–Crippen LogP) is 3.43. The van der Waals surface area contributed by atoms with Crippen LogP contribution in [0.3, 0.4) is 0 Å². The Balaban J connectivity index is 2.04. The van der Waals surface area contributed by atoms with Gasteiger partial charge in [-0.25, -0.2) is 4.79 Å². The van der Waals surface area contributed by atoms with E-state index in [2.05, 4.69) is 13.8 Å². The summed E-state index contributed by atoms with van der Waals surface area (Å²) in [6.07, 6.45) is 3.65. The third-order valence-corrected chi connectivity index (χ3v) is 4.41. The molecule has 0 aromatic rings. The van der Waals surface area contributed by atoms with Crippen LogP contribution >= 0.6 is 0 Å². The van der Waals surface area contributed by atoms with Crippen molar-refractivity contribution in [2.45, 2.75) is 65.0 Å². The third-order valence-electron chi connectivity index (χ3n) is 4.41. The van der Waals surface area contributed by atoms with E-state index >= 15 is 0 Å². The zero-order chi connectivity index (χ0) is 12.8. The Morgan fingerprint density at radius 3 is 2.24 bits per heavy atom. The van der Waals surface area contributed by atoms with Gasteiger partial charge in [-0.1, -0.05) is 20.3 Å². The Hall–Kier alpha value is -0.730. The normalized spacial score (nSPS) is 37.1. The fraction of sp³-hybridized carbons (Fsp3) is 0.929. The molecule has 1 saturated heterocycles. The van der Waals surface area contributed by atoms with Crippen molar-refractivity contribution >= 4 is 6.09 Å². The molecule has 2 fully saturated rings. The first-order chi connectivity index (χ1) is 7.77. The first-order valence-electron chi connectivity index (χ1n) is 6.78. The number of amides is 1. The summed E-state index contributed by atoms with van der Waals surface area (Å²) in [5.41, 5.74) is -0.275. The molecule has 1 saturated carbocycles. The van der Waals surface area contributed by atoms with E-state index in [4.69, 9.17) is 4.74 Å². The lowest BCUT2D eigenvalue weighted by atomic mass is 9.73.